The summed E-state index contributed by atoms with van der Waals surface area (Å²) < 4.78 is 54.0. The lowest BCUT2D eigenvalue weighted by Crippen LogP contribution is -2.17. The topological polar surface area (TPSA) is 105 Å². The molecular weight excluding hydrogens is 478 g/mol. The third kappa shape index (κ3) is 5.07. The predicted octanol–water partition coefficient (Wildman–Crippen LogP) is 5.22. The second-order valence-electron chi connectivity index (χ2n) is 8.95. The first kappa shape index (κ1) is 23.9. The van der Waals surface area contributed by atoms with Crippen LogP contribution in [0.25, 0.3) is 33.9 Å². The molecule has 0 unspecified atom stereocenters. The number of aryl methyl sites for hydroxylation is 1. The largest absolute Gasteiger partial charge is 0.389 e. The number of hydrogen-bond acceptors (Lipinski definition) is 5. The Kier molecular flexibility index (Phi) is 6.42. The van der Waals surface area contributed by atoms with Crippen LogP contribution >= 0.6 is 0 Å². The molecule has 0 radical (unpaired) electrons. The van der Waals surface area contributed by atoms with Gasteiger partial charge in [0.15, 0.2) is 5.82 Å². The molecule has 0 spiro atoms. The van der Waals surface area contributed by atoms with Gasteiger partial charge in [0.05, 0.1) is 23.0 Å². The van der Waals surface area contributed by atoms with Crippen LogP contribution < -0.4 is 5.56 Å². The molecule has 1 aliphatic rings. The van der Waals surface area contributed by atoms with Crippen molar-refractivity contribution in [2.24, 2.45) is 0 Å². The van der Waals surface area contributed by atoms with E-state index in [0.717, 1.165) is 19.3 Å². The number of aromatic nitrogens is 7. The van der Waals surface area contributed by atoms with Crippen LogP contribution in [-0.4, -0.2) is 41.6 Å². The molecule has 8 nitrogen and oxygen atoms in total. The first-order valence-corrected chi connectivity index (χ1v) is 11.7. The lowest BCUT2D eigenvalue weighted by atomic mass is 9.93. The lowest BCUT2D eigenvalue weighted by molar-refractivity contribution is -0.135. The minimum absolute atomic E-state index is 0.0188. The SMILES string of the molecule is O=c1[nH]c(-c2ccc(CCCCC(F)(F)F)cc2F)cc(-c2ccn(C3CCC3)n2)c1-c1nnn[nH]1. The van der Waals surface area contributed by atoms with Crippen molar-refractivity contribution >= 4 is 0 Å². The molecule has 36 heavy (non-hydrogen) atoms. The molecule has 188 valence electrons. The first-order chi connectivity index (χ1) is 17.3. The number of pyridine rings is 1. The highest BCUT2D eigenvalue weighted by atomic mass is 19.4. The minimum Gasteiger partial charge on any atom is -0.321 e. The molecule has 1 fully saturated rings. The van der Waals surface area contributed by atoms with E-state index in [2.05, 4.69) is 30.7 Å². The summed E-state index contributed by atoms with van der Waals surface area (Å²) >= 11 is 0. The van der Waals surface area contributed by atoms with Gasteiger partial charge in [-0.25, -0.2) is 9.49 Å². The normalized spacial score (nSPS) is 14.2. The van der Waals surface area contributed by atoms with Crippen molar-refractivity contribution < 1.29 is 17.6 Å². The number of benzene rings is 1. The van der Waals surface area contributed by atoms with Crippen molar-refractivity contribution in [2.45, 2.75) is 57.2 Å². The van der Waals surface area contributed by atoms with E-state index >= 15 is 4.39 Å². The molecule has 1 aliphatic carbocycles. The van der Waals surface area contributed by atoms with Gasteiger partial charge in [-0.1, -0.05) is 6.07 Å². The van der Waals surface area contributed by atoms with Crippen molar-refractivity contribution in [3.63, 3.8) is 0 Å². The van der Waals surface area contributed by atoms with Gasteiger partial charge in [-0.15, -0.1) is 5.10 Å². The van der Waals surface area contributed by atoms with Crippen molar-refractivity contribution in [1.82, 2.24) is 35.4 Å². The highest BCUT2D eigenvalue weighted by Gasteiger charge is 2.26. The van der Waals surface area contributed by atoms with E-state index < -0.39 is 24.0 Å². The summed E-state index contributed by atoms with van der Waals surface area (Å²) in [6.07, 6.45) is 0.616. The van der Waals surface area contributed by atoms with Crippen LogP contribution in [0.4, 0.5) is 17.6 Å². The van der Waals surface area contributed by atoms with Crippen molar-refractivity contribution in [2.75, 3.05) is 0 Å². The number of nitrogens with zero attached hydrogens (tertiary/aromatic N) is 5. The Morgan fingerprint density at radius 2 is 1.92 bits per heavy atom. The third-order valence-corrected chi connectivity index (χ3v) is 6.45. The summed E-state index contributed by atoms with van der Waals surface area (Å²) in [4.78, 5) is 15.8. The maximum absolute atomic E-state index is 15.1. The van der Waals surface area contributed by atoms with Gasteiger partial charge in [0.2, 0.25) is 0 Å². The molecule has 0 aliphatic heterocycles. The van der Waals surface area contributed by atoms with Gasteiger partial charge in [-0.3, -0.25) is 9.48 Å². The number of rotatable bonds is 8. The quantitative estimate of drug-likeness (QED) is 0.254. The van der Waals surface area contributed by atoms with Gasteiger partial charge < -0.3 is 4.98 Å². The number of halogens is 4. The Bertz CT molecular complexity index is 1400. The van der Waals surface area contributed by atoms with E-state index in [0.29, 0.717) is 35.7 Å². The fourth-order valence-electron chi connectivity index (χ4n) is 4.33. The van der Waals surface area contributed by atoms with Crippen molar-refractivity contribution in [3.8, 4) is 33.9 Å². The fraction of sp³-hybridized carbons (Fsp3) is 0.375. The average molecular weight is 501 g/mol. The molecule has 3 heterocycles. The van der Waals surface area contributed by atoms with E-state index in [1.165, 1.54) is 12.1 Å². The van der Waals surface area contributed by atoms with Gasteiger partial charge in [-0.2, -0.15) is 18.3 Å². The Morgan fingerprint density at radius 3 is 2.58 bits per heavy atom. The molecule has 2 N–H and O–H groups in total. The third-order valence-electron chi connectivity index (χ3n) is 6.45. The molecule has 0 amide bonds. The molecule has 0 saturated heterocycles. The predicted molar refractivity (Wildman–Crippen MR) is 123 cm³/mol. The summed E-state index contributed by atoms with van der Waals surface area (Å²) in [7, 11) is 0. The standard InChI is InChI=1S/C24H23F4N7O/c25-18-12-14(4-1-2-10-24(26,27)28)7-8-16(18)20-13-17(19-9-11-35(32-19)15-5-3-6-15)21(23(36)29-20)22-30-33-34-31-22/h7-9,11-13,15H,1-6,10H2,(H,29,36)(H,30,31,33,34). The van der Waals surface area contributed by atoms with Crippen LogP contribution in [0, 0.1) is 5.82 Å². The number of H-pyrrole nitrogens is 2. The summed E-state index contributed by atoms with van der Waals surface area (Å²) in [6, 6.07) is 8.21. The van der Waals surface area contributed by atoms with E-state index in [-0.39, 0.29) is 29.1 Å². The van der Waals surface area contributed by atoms with Crippen LogP contribution in [0.1, 0.15) is 50.1 Å². The second kappa shape index (κ2) is 9.67. The van der Waals surface area contributed by atoms with Crippen molar-refractivity contribution in [1.29, 1.82) is 0 Å². The molecule has 4 aromatic rings. The Balaban J connectivity index is 1.47. The Morgan fingerprint density at radius 1 is 1.08 bits per heavy atom. The number of alkyl halides is 3. The first-order valence-electron chi connectivity index (χ1n) is 11.7. The molecule has 12 heteroatoms. The highest BCUT2D eigenvalue weighted by molar-refractivity contribution is 5.81. The minimum atomic E-state index is -4.19. The van der Waals surface area contributed by atoms with Crippen molar-refractivity contribution in [3.05, 3.63) is 58.3 Å². The maximum Gasteiger partial charge on any atom is 0.389 e. The zero-order chi connectivity index (χ0) is 25.3. The van der Waals surface area contributed by atoms with Crippen LogP contribution in [0.2, 0.25) is 0 Å². The molecule has 0 bridgehead atoms. The summed E-state index contributed by atoms with van der Waals surface area (Å²) in [5, 5.41) is 18.2. The van der Waals surface area contributed by atoms with Crippen LogP contribution in [0.3, 0.4) is 0 Å². The van der Waals surface area contributed by atoms with E-state index in [4.69, 9.17) is 0 Å². The zero-order valence-electron chi connectivity index (χ0n) is 19.1. The summed E-state index contributed by atoms with van der Waals surface area (Å²) in [6.45, 7) is 0. The fourth-order valence-corrected chi connectivity index (χ4v) is 4.33. The average Bonchev–Trinajstić information content (AvgIpc) is 3.47. The summed E-state index contributed by atoms with van der Waals surface area (Å²) in [5.41, 5.74) is 1.63. The second-order valence-corrected chi connectivity index (χ2v) is 8.95. The van der Waals surface area contributed by atoms with Gasteiger partial charge >= 0.3 is 6.18 Å². The summed E-state index contributed by atoms with van der Waals surface area (Å²) in [5.74, 6) is -0.426. The van der Waals surface area contributed by atoms with E-state index in [1.807, 2.05) is 10.9 Å². The van der Waals surface area contributed by atoms with Crippen LogP contribution in [0.15, 0.2) is 41.3 Å². The number of tetrazole rings is 1. The van der Waals surface area contributed by atoms with Gasteiger partial charge in [-0.05, 0) is 78.8 Å². The molecule has 1 saturated carbocycles. The molecule has 5 rings (SSSR count). The number of unbranched alkanes of at least 4 members (excludes halogenated alkanes) is 1. The van der Waals surface area contributed by atoms with E-state index in [9.17, 15) is 18.0 Å². The van der Waals surface area contributed by atoms with E-state index in [1.54, 1.807) is 18.2 Å². The zero-order valence-corrected chi connectivity index (χ0v) is 19.1. The highest BCUT2D eigenvalue weighted by Crippen LogP contribution is 2.34. The number of hydrogen-bond donors (Lipinski definition) is 2. The lowest BCUT2D eigenvalue weighted by Gasteiger charge is -2.25. The van der Waals surface area contributed by atoms with Crippen LogP contribution in [-0.2, 0) is 6.42 Å². The van der Waals surface area contributed by atoms with Gasteiger partial charge in [0, 0.05) is 23.7 Å². The van der Waals surface area contributed by atoms with Crippen LogP contribution in [0.5, 0.6) is 0 Å². The molecule has 0 atom stereocenters. The number of nitrogens with one attached hydrogen (secondary N) is 2. The Labute approximate surface area is 202 Å². The maximum atomic E-state index is 15.1. The molecular formula is C24H23F4N7O. The smallest absolute Gasteiger partial charge is 0.321 e. The van der Waals surface area contributed by atoms with Gasteiger partial charge in [0.1, 0.15) is 5.82 Å². The van der Waals surface area contributed by atoms with Gasteiger partial charge in [0.25, 0.3) is 5.56 Å². The molecule has 3 aromatic heterocycles. The number of aromatic amines is 2. The monoisotopic (exact) mass is 501 g/mol. The Hall–Kier alpha value is -3.83. The molecule has 1 aromatic carbocycles.